The highest BCUT2D eigenvalue weighted by Gasteiger charge is 2.18. The summed E-state index contributed by atoms with van der Waals surface area (Å²) in [5.74, 6) is -0.416. The van der Waals surface area contributed by atoms with Gasteiger partial charge in [0.2, 0.25) is 0 Å². The second kappa shape index (κ2) is 9.46. The third-order valence-corrected chi connectivity index (χ3v) is 4.42. The van der Waals surface area contributed by atoms with E-state index in [1.54, 1.807) is 11.0 Å². The van der Waals surface area contributed by atoms with Crippen molar-refractivity contribution in [3.05, 3.63) is 95.8 Å². The number of para-hydroxylation sites is 1. The molecule has 0 spiro atoms. The molecule has 0 aliphatic carbocycles. The maximum absolute atomic E-state index is 12.9. The maximum Gasteiger partial charge on any atom is 0.259 e. The summed E-state index contributed by atoms with van der Waals surface area (Å²) in [6.45, 7) is 2.96. The topological polar surface area (TPSA) is 62.3 Å². The van der Waals surface area contributed by atoms with Crippen LogP contribution in [0.2, 0.25) is 0 Å². The van der Waals surface area contributed by atoms with Crippen molar-refractivity contribution < 1.29 is 9.59 Å². The first-order chi connectivity index (χ1) is 13.7. The predicted octanol–water partition coefficient (Wildman–Crippen LogP) is 3.72. The Bertz CT molecular complexity index is 927. The van der Waals surface area contributed by atoms with Gasteiger partial charge < -0.3 is 10.2 Å². The molecule has 0 aliphatic rings. The van der Waals surface area contributed by atoms with Gasteiger partial charge in [0.1, 0.15) is 0 Å². The van der Waals surface area contributed by atoms with Gasteiger partial charge >= 0.3 is 0 Å². The van der Waals surface area contributed by atoms with Gasteiger partial charge in [-0.05, 0) is 37.1 Å². The number of nitrogens with zero attached hydrogens (tertiary/aromatic N) is 2. The number of carbonyl (C=O) groups is 2. The highest BCUT2D eigenvalue weighted by Crippen LogP contribution is 2.16. The lowest BCUT2D eigenvalue weighted by Crippen LogP contribution is -2.31. The molecule has 0 radical (unpaired) electrons. The van der Waals surface area contributed by atoms with E-state index in [1.165, 1.54) is 12.4 Å². The lowest BCUT2D eigenvalue weighted by atomic mass is 10.1. The van der Waals surface area contributed by atoms with Crippen molar-refractivity contribution >= 4 is 17.5 Å². The number of benzene rings is 2. The lowest BCUT2D eigenvalue weighted by Gasteiger charge is -2.21. The molecule has 3 rings (SSSR count). The highest BCUT2D eigenvalue weighted by atomic mass is 16.2. The zero-order valence-electron chi connectivity index (χ0n) is 15.8. The van der Waals surface area contributed by atoms with Gasteiger partial charge in [-0.1, -0.05) is 48.5 Å². The van der Waals surface area contributed by atoms with Gasteiger partial charge in [0, 0.05) is 31.2 Å². The van der Waals surface area contributed by atoms with Crippen molar-refractivity contribution in [3.8, 4) is 0 Å². The average Bonchev–Trinajstić information content (AvgIpc) is 2.76. The van der Waals surface area contributed by atoms with E-state index in [0.29, 0.717) is 24.2 Å². The van der Waals surface area contributed by atoms with Crippen LogP contribution < -0.4 is 10.2 Å². The zero-order valence-corrected chi connectivity index (χ0v) is 15.8. The summed E-state index contributed by atoms with van der Waals surface area (Å²) < 4.78 is 0. The fraction of sp³-hybridized carbons (Fsp3) is 0.174. The smallest absolute Gasteiger partial charge is 0.259 e. The summed E-state index contributed by atoms with van der Waals surface area (Å²) in [6.07, 6.45) is 3.72. The summed E-state index contributed by atoms with van der Waals surface area (Å²) >= 11 is 0. The average molecular weight is 373 g/mol. The minimum atomic E-state index is -0.235. The van der Waals surface area contributed by atoms with E-state index in [0.717, 1.165) is 17.7 Å². The zero-order chi connectivity index (χ0) is 19.8. The molecule has 0 aliphatic heterocycles. The van der Waals surface area contributed by atoms with Crippen molar-refractivity contribution in [2.45, 2.75) is 13.3 Å². The van der Waals surface area contributed by atoms with Crippen LogP contribution in [-0.2, 0) is 6.42 Å². The maximum atomic E-state index is 12.9. The molecule has 2 amide bonds. The van der Waals surface area contributed by atoms with Crippen LogP contribution >= 0.6 is 0 Å². The van der Waals surface area contributed by atoms with Gasteiger partial charge in [-0.15, -0.1) is 0 Å². The SMILES string of the molecule is CCN(C(=O)c1cncc(C(=O)NCCc2ccccc2)c1)c1ccccc1. The van der Waals surface area contributed by atoms with Crippen LogP contribution in [0.25, 0.3) is 0 Å². The molecule has 0 unspecified atom stereocenters. The highest BCUT2D eigenvalue weighted by molar-refractivity contribution is 6.07. The van der Waals surface area contributed by atoms with E-state index in [1.807, 2.05) is 67.6 Å². The number of anilines is 1. The minimum Gasteiger partial charge on any atom is -0.352 e. The van der Waals surface area contributed by atoms with Gasteiger partial charge in [0.05, 0.1) is 11.1 Å². The van der Waals surface area contributed by atoms with Crippen LogP contribution in [0.3, 0.4) is 0 Å². The van der Waals surface area contributed by atoms with Crippen molar-refractivity contribution in [1.82, 2.24) is 10.3 Å². The summed E-state index contributed by atoms with van der Waals surface area (Å²) in [4.78, 5) is 31.1. The third kappa shape index (κ3) is 4.82. The van der Waals surface area contributed by atoms with E-state index >= 15 is 0 Å². The molecule has 1 aromatic heterocycles. The second-order valence-corrected chi connectivity index (χ2v) is 6.34. The lowest BCUT2D eigenvalue weighted by molar-refractivity contribution is 0.0953. The Labute approximate surface area is 165 Å². The first-order valence-electron chi connectivity index (χ1n) is 9.33. The molecular weight excluding hydrogens is 350 g/mol. The summed E-state index contributed by atoms with van der Waals surface area (Å²) in [5, 5.41) is 2.88. The van der Waals surface area contributed by atoms with Gasteiger partial charge in [-0.2, -0.15) is 0 Å². The molecule has 3 aromatic rings. The Kier molecular flexibility index (Phi) is 6.52. The minimum absolute atomic E-state index is 0.180. The van der Waals surface area contributed by atoms with Crippen LogP contribution in [0.4, 0.5) is 5.69 Å². The second-order valence-electron chi connectivity index (χ2n) is 6.34. The normalized spacial score (nSPS) is 10.3. The van der Waals surface area contributed by atoms with E-state index in [4.69, 9.17) is 0 Å². The fourth-order valence-electron chi connectivity index (χ4n) is 2.96. The molecule has 5 nitrogen and oxygen atoms in total. The Balaban J connectivity index is 1.67. The monoisotopic (exact) mass is 373 g/mol. The molecule has 1 heterocycles. The molecule has 0 saturated carbocycles. The molecular formula is C23H23N3O2. The summed E-state index contributed by atoms with van der Waals surface area (Å²) in [5.41, 5.74) is 2.74. The number of nitrogens with one attached hydrogen (secondary N) is 1. The number of hydrogen-bond acceptors (Lipinski definition) is 3. The Morgan fingerprint density at radius 2 is 1.57 bits per heavy atom. The molecule has 0 fully saturated rings. The molecule has 5 heteroatoms. The molecule has 2 aromatic carbocycles. The van der Waals surface area contributed by atoms with Crippen LogP contribution in [0.1, 0.15) is 33.2 Å². The molecule has 1 N–H and O–H groups in total. The molecule has 0 bridgehead atoms. The van der Waals surface area contributed by atoms with Gasteiger partial charge in [0.15, 0.2) is 0 Å². The summed E-state index contributed by atoms with van der Waals surface area (Å²) in [6, 6.07) is 21.0. The van der Waals surface area contributed by atoms with E-state index in [2.05, 4.69) is 10.3 Å². The van der Waals surface area contributed by atoms with E-state index < -0.39 is 0 Å². The molecule has 0 atom stereocenters. The Morgan fingerprint density at radius 3 is 2.25 bits per heavy atom. The van der Waals surface area contributed by atoms with Gasteiger partial charge in [0.25, 0.3) is 11.8 Å². The standard InChI is InChI=1S/C23H23N3O2/c1-2-26(21-11-7-4-8-12-21)23(28)20-15-19(16-24-17-20)22(27)25-14-13-18-9-5-3-6-10-18/h3-12,15-17H,2,13-14H2,1H3,(H,25,27). The van der Waals surface area contributed by atoms with Crippen LogP contribution in [-0.4, -0.2) is 29.9 Å². The first kappa shape index (κ1) is 19.3. The van der Waals surface area contributed by atoms with Crippen LogP contribution in [0.5, 0.6) is 0 Å². The van der Waals surface area contributed by atoms with Gasteiger partial charge in [-0.3, -0.25) is 14.6 Å². The third-order valence-electron chi connectivity index (χ3n) is 4.42. The number of aromatic nitrogens is 1. The van der Waals surface area contributed by atoms with Crippen molar-refractivity contribution in [1.29, 1.82) is 0 Å². The number of carbonyl (C=O) groups excluding carboxylic acids is 2. The quantitative estimate of drug-likeness (QED) is 0.687. The molecule has 28 heavy (non-hydrogen) atoms. The van der Waals surface area contributed by atoms with E-state index in [-0.39, 0.29) is 11.8 Å². The van der Waals surface area contributed by atoms with Gasteiger partial charge in [-0.25, -0.2) is 0 Å². The Hall–Kier alpha value is -3.47. The largest absolute Gasteiger partial charge is 0.352 e. The number of rotatable bonds is 7. The van der Waals surface area contributed by atoms with Crippen LogP contribution in [0, 0.1) is 0 Å². The fourth-order valence-corrected chi connectivity index (χ4v) is 2.96. The number of hydrogen-bond donors (Lipinski definition) is 1. The van der Waals surface area contributed by atoms with Crippen LogP contribution in [0.15, 0.2) is 79.1 Å². The Morgan fingerprint density at radius 1 is 0.929 bits per heavy atom. The molecule has 0 saturated heterocycles. The predicted molar refractivity (Wildman–Crippen MR) is 111 cm³/mol. The van der Waals surface area contributed by atoms with Crippen molar-refractivity contribution in [2.24, 2.45) is 0 Å². The van der Waals surface area contributed by atoms with Crippen molar-refractivity contribution in [3.63, 3.8) is 0 Å². The number of pyridine rings is 1. The van der Waals surface area contributed by atoms with E-state index in [9.17, 15) is 9.59 Å². The molecule has 142 valence electrons. The summed E-state index contributed by atoms with van der Waals surface area (Å²) in [7, 11) is 0. The van der Waals surface area contributed by atoms with Crippen molar-refractivity contribution in [2.75, 3.05) is 18.0 Å². The first-order valence-corrected chi connectivity index (χ1v) is 9.33. The number of amides is 2.